The number of rotatable bonds is 1. The van der Waals surface area contributed by atoms with Gasteiger partial charge in [-0.1, -0.05) is 0 Å². The van der Waals surface area contributed by atoms with E-state index in [1.807, 2.05) is 0 Å². The summed E-state index contributed by atoms with van der Waals surface area (Å²) in [6, 6.07) is 0. The molecule has 12 heavy (non-hydrogen) atoms. The standard InChI is InChI=1S/C4H5NO3.C2H4Cl2/c6-3-1-2-4(7)5(3)8;3-1-2-4/h8H,1-2H2;1-2H2. The Bertz CT molecular complexity index is 156. The zero-order chi connectivity index (χ0) is 9.56. The molecule has 0 atom stereocenters. The predicted octanol–water partition coefficient (Wildman–Crippen LogP) is 0.989. The van der Waals surface area contributed by atoms with Crippen molar-refractivity contribution in [2.45, 2.75) is 12.8 Å². The molecule has 0 unspecified atom stereocenters. The third-order valence-electron chi connectivity index (χ3n) is 1.10. The first-order valence-electron chi connectivity index (χ1n) is 3.30. The maximum atomic E-state index is 10.2. The summed E-state index contributed by atoms with van der Waals surface area (Å²) in [4.78, 5) is 20.5. The molecule has 1 rings (SSSR count). The smallest absolute Gasteiger partial charge is 0.253 e. The summed E-state index contributed by atoms with van der Waals surface area (Å²) in [7, 11) is 0. The molecule has 0 bridgehead atoms. The van der Waals surface area contributed by atoms with Gasteiger partial charge in [-0.05, 0) is 0 Å². The minimum atomic E-state index is -0.505. The zero-order valence-electron chi connectivity index (χ0n) is 6.30. The van der Waals surface area contributed by atoms with E-state index in [9.17, 15) is 9.59 Å². The van der Waals surface area contributed by atoms with Crippen molar-refractivity contribution in [2.24, 2.45) is 0 Å². The molecule has 4 nitrogen and oxygen atoms in total. The van der Waals surface area contributed by atoms with Crippen molar-refractivity contribution in [1.82, 2.24) is 5.06 Å². The van der Waals surface area contributed by atoms with E-state index in [0.29, 0.717) is 11.8 Å². The van der Waals surface area contributed by atoms with Gasteiger partial charge in [-0.15, -0.1) is 23.2 Å². The summed E-state index contributed by atoms with van der Waals surface area (Å²) >= 11 is 10.1. The van der Waals surface area contributed by atoms with E-state index in [4.69, 9.17) is 28.4 Å². The number of halogens is 2. The fraction of sp³-hybridized carbons (Fsp3) is 0.667. The third kappa shape index (κ3) is 3.90. The molecular formula is C6H9Cl2NO3. The molecule has 0 spiro atoms. The Kier molecular flexibility index (Phi) is 6.06. The van der Waals surface area contributed by atoms with Gasteiger partial charge in [0.1, 0.15) is 0 Å². The van der Waals surface area contributed by atoms with E-state index in [-0.39, 0.29) is 17.9 Å². The molecule has 2 amide bonds. The van der Waals surface area contributed by atoms with Gasteiger partial charge in [-0.3, -0.25) is 14.8 Å². The molecule has 0 aromatic rings. The Labute approximate surface area is 80.0 Å². The summed E-state index contributed by atoms with van der Waals surface area (Å²) in [5, 5.41) is 8.57. The van der Waals surface area contributed by atoms with Crippen molar-refractivity contribution in [3.05, 3.63) is 0 Å². The third-order valence-corrected chi connectivity index (χ3v) is 1.67. The first-order valence-corrected chi connectivity index (χ1v) is 4.37. The van der Waals surface area contributed by atoms with Crippen LogP contribution in [-0.4, -0.2) is 33.8 Å². The van der Waals surface area contributed by atoms with Gasteiger partial charge in [0.2, 0.25) is 0 Å². The average molecular weight is 214 g/mol. The van der Waals surface area contributed by atoms with Crippen LogP contribution >= 0.6 is 23.2 Å². The Hall–Kier alpha value is -0.320. The molecule has 1 N–H and O–H groups in total. The van der Waals surface area contributed by atoms with Gasteiger partial charge in [-0.2, -0.15) is 5.06 Å². The number of amides is 2. The highest BCUT2D eigenvalue weighted by molar-refractivity contribution is 6.25. The van der Waals surface area contributed by atoms with Gasteiger partial charge < -0.3 is 0 Å². The van der Waals surface area contributed by atoms with Crippen molar-refractivity contribution in [2.75, 3.05) is 11.8 Å². The molecule has 70 valence electrons. The summed E-state index contributed by atoms with van der Waals surface area (Å²) in [5.41, 5.74) is 0. The summed E-state index contributed by atoms with van der Waals surface area (Å²) in [6.45, 7) is 0. The minimum Gasteiger partial charge on any atom is -0.279 e. The molecule has 1 saturated heterocycles. The van der Waals surface area contributed by atoms with Crippen molar-refractivity contribution in [3.63, 3.8) is 0 Å². The van der Waals surface area contributed by atoms with Crippen LogP contribution in [0.2, 0.25) is 0 Å². The molecule has 0 saturated carbocycles. The lowest BCUT2D eigenvalue weighted by atomic mass is 10.4. The van der Waals surface area contributed by atoms with Crippen molar-refractivity contribution >= 4 is 35.0 Å². The van der Waals surface area contributed by atoms with Crippen LogP contribution in [0.3, 0.4) is 0 Å². The molecule has 0 aromatic heterocycles. The van der Waals surface area contributed by atoms with Gasteiger partial charge >= 0.3 is 0 Å². The lowest BCUT2D eigenvalue weighted by molar-refractivity contribution is -0.171. The number of hydrogen-bond acceptors (Lipinski definition) is 3. The van der Waals surface area contributed by atoms with Crippen molar-refractivity contribution < 1.29 is 14.8 Å². The average Bonchev–Trinajstić information content (AvgIpc) is 2.37. The van der Waals surface area contributed by atoms with Crippen LogP contribution in [0.1, 0.15) is 12.8 Å². The lowest BCUT2D eigenvalue weighted by Gasteiger charge is -1.98. The largest absolute Gasteiger partial charge is 0.279 e. The van der Waals surface area contributed by atoms with Crippen LogP contribution in [0.4, 0.5) is 0 Å². The van der Waals surface area contributed by atoms with Crippen LogP contribution in [0.15, 0.2) is 0 Å². The molecular weight excluding hydrogens is 205 g/mol. The van der Waals surface area contributed by atoms with Gasteiger partial charge in [0.15, 0.2) is 0 Å². The Balaban J connectivity index is 0.000000261. The highest BCUT2D eigenvalue weighted by Gasteiger charge is 2.26. The predicted molar refractivity (Wildman–Crippen MR) is 44.3 cm³/mol. The Morgan fingerprint density at radius 3 is 1.58 bits per heavy atom. The Morgan fingerprint density at radius 1 is 1.17 bits per heavy atom. The van der Waals surface area contributed by atoms with E-state index in [1.165, 1.54) is 0 Å². The molecule has 1 aliphatic heterocycles. The molecule has 1 aliphatic rings. The number of carbonyl (C=O) groups excluding carboxylic acids is 2. The quantitative estimate of drug-likeness (QED) is 0.402. The van der Waals surface area contributed by atoms with Gasteiger partial charge in [-0.25, -0.2) is 0 Å². The summed E-state index contributed by atoms with van der Waals surface area (Å²) in [6.07, 6.45) is 0.296. The number of hydroxylamine groups is 2. The van der Waals surface area contributed by atoms with E-state index >= 15 is 0 Å². The van der Waals surface area contributed by atoms with Crippen LogP contribution in [0.5, 0.6) is 0 Å². The Morgan fingerprint density at radius 2 is 1.50 bits per heavy atom. The molecule has 1 heterocycles. The van der Waals surface area contributed by atoms with E-state index in [0.717, 1.165) is 0 Å². The maximum Gasteiger partial charge on any atom is 0.253 e. The van der Waals surface area contributed by atoms with E-state index in [2.05, 4.69) is 0 Å². The fourth-order valence-electron chi connectivity index (χ4n) is 0.565. The number of alkyl halides is 2. The number of nitrogens with zero attached hydrogens (tertiary/aromatic N) is 1. The number of hydrogen-bond donors (Lipinski definition) is 1. The second-order valence-corrected chi connectivity index (χ2v) is 2.73. The number of carbonyl (C=O) groups is 2. The molecule has 0 radical (unpaired) electrons. The van der Waals surface area contributed by atoms with Crippen molar-refractivity contribution in [1.29, 1.82) is 0 Å². The summed E-state index contributed by atoms with van der Waals surface area (Å²) in [5.74, 6) is 0.105. The number of imide groups is 1. The maximum absolute atomic E-state index is 10.2. The molecule has 6 heteroatoms. The molecule has 1 fully saturated rings. The highest BCUT2D eigenvalue weighted by Crippen LogP contribution is 2.06. The van der Waals surface area contributed by atoms with Crippen LogP contribution in [-0.2, 0) is 9.59 Å². The van der Waals surface area contributed by atoms with E-state index in [1.54, 1.807) is 0 Å². The minimum absolute atomic E-state index is 0.148. The highest BCUT2D eigenvalue weighted by atomic mass is 35.5. The van der Waals surface area contributed by atoms with Crippen LogP contribution < -0.4 is 0 Å². The van der Waals surface area contributed by atoms with Crippen molar-refractivity contribution in [3.8, 4) is 0 Å². The molecule has 0 aliphatic carbocycles. The summed E-state index contributed by atoms with van der Waals surface area (Å²) < 4.78 is 0. The van der Waals surface area contributed by atoms with E-state index < -0.39 is 11.8 Å². The molecule has 0 aromatic carbocycles. The normalized spacial score (nSPS) is 16.1. The van der Waals surface area contributed by atoms with Crippen LogP contribution in [0.25, 0.3) is 0 Å². The van der Waals surface area contributed by atoms with Gasteiger partial charge in [0, 0.05) is 24.6 Å². The second-order valence-electron chi connectivity index (χ2n) is 1.98. The van der Waals surface area contributed by atoms with Crippen LogP contribution in [0, 0.1) is 0 Å². The monoisotopic (exact) mass is 213 g/mol. The topological polar surface area (TPSA) is 57.6 Å². The SMILES string of the molecule is ClCCCl.O=C1CCC(=O)N1O. The first-order chi connectivity index (χ1) is 5.63. The van der Waals surface area contributed by atoms with Gasteiger partial charge in [0.25, 0.3) is 11.8 Å². The second kappa shape index (κ2) is 6.22. The zero-order valence-corrected chi connectivity index (χ0v) is 7.81. The fourth-order valence-corrected chi connectivity index (χ4v) is 0.565. The van der Waals surface area contributed by atoms with Gasteiger partial charge in [0.05, 0.1) is 0 Å². The lowest BCUT2D eigenvalue weighted by Crippen LogP contribution is -2.24. The first kappa shape index (κ1) is 11.7.